The van der Waals surface area contributed by atoms with Crippen LogP contribution in [0.2, 0.25) is 0 Å². The van der Waals surface area contributed by atoms with Gasteiger partial charge in [-0.3, -0.25) is 14.2 Å². The number of rotatable bonds is 8. The van der Waals surface area contributed by atoms with Crippen molar-refractivity contribution >= 4 is 30.9 Å². The van der Waals surface area contributed by atoms with Crippen molar-refractivity contribution in [1.29, 1.82) is 0 Å². The Balaban J connectivity index is 1.64. The summed E-state index contributed by atoms with van der Waals surface area (Å²) < 4.78 is 11.8. The maximum atomic E-state index is 13.3. The Bertz CT molecular complexity index is 1250. The number of carbonyl (C=O) groups is 2. The second-order valence-corrected chi connectivity index (χ2v) is 9.96. The summed E-state index contributed by atoms with van der Waals surface area (Å²) in [6.45, 7) is 1.87. The lowest BCUT2D eigenvalue weighted by molar-refractivity contribution is -0.133. The molecule has 4 rings (SSSR count). The van der Waals surface area contributed by atoms with Crippen LogP contribution in [0.5, 0.6) is 0 Å². The number of nitrogens with one attached hydrogen (secondary N) is 3. The zero-order valence-corrected chi connectivity index (χ0v) is 20.3. The molecule has 3 aromatic rings. The minimum Gasteiger partial charge on any atom is -0.340 e. The number of hydrogen-bond acceptors (Lipinski definition) is 7. The van der Waals surface area contributed by atoms with E-state index in [0.717, 1.165) is 5.69 Å². The van der Waals surface area contributed by atoms with Gasteiger partial charge in [-0.1, -0.05) is 48.5 Å². The summed E-state index contributed by atoms with van der Waals surface area (Å²) in [7, 11) is -4.61. The van der Waals surface area contributed by atoms with Gasteiger partial charge in [-0.15, -0.1) is 0 Å². The molecule has 2 aromatic carbocycles. The average Bonchev–Trinajstić information content (AvgIpc) is 2.88. The molecule has 1 unspecified atom stereocenters. The molecule has 1 atom stereocenters. The quantitative estimate of drug-likeness (QED) is 0.284. The summed E-state index contributed by atoms with van der Waals surface area (Å²) >= 11 is 0. The molecule has 11 nitrogen and oxygen atoms in total. The number of benzene rings is 2. The number of carbonyl (C=O) groups excluding carboxylic acids is 2. The van der Waals surface area contributed by atoms with Crippen molar-refractivity contribution in [1.82, 2.24) is 25.5 Å². The maximum Gasteiger partial charge on any atom is 0.328 e. The highest BCUT2D eigenvalue weighted by molar-refractivity contribution is 7.51. The summed E-state index contributed by atoms with van der Waals surface area (Å²) in [5.74, 6) is -0.664. The Morgan fingerprint density at radius 1 is 1.00 bits per heavy atom. The van der Waals surface area contributed by atoms with E-state index in [-0.39, 0.29) is 11.5 Å². The normalized spacial score (nSPS) is 14.7. The summed E-state index contributed by atoms with van der Waals surface area (Å²) in [6.07, 6.45) is -0.812. The molecule has 1 saturated heterocycles. The first-order chi connectivity index (χ1) is 17.3. The minimum absolute atomic E-state index is 0.0499. The van der Waals surface area contributed by atoms with Crippen molar-refractivity contribution in [3.8, 4) is 11.4 Å². The van der Waals surface area contributed by atoms with E-state index in [0.29, 0.717) is 37.6 Å². The van der Waals surface area contributed by atoms with Gasteiger partial charge in [0.05, 0.1) is 6.16 Å². The summed E-state index contributed by atoms with van der Waals surface area (Å²) in [5.41, 5.74) is 1.37. The van der Waals surface area contributed by atoms with E-state index in [1.807, 2.05) is 48.5 Å². The van der Waals surface area contributed by atoms with Crippen molar-refractivity contribution in [2.24, 2.45) is 0 Å². The van der Waals surface area contributed by atoms with Crippen molar-refractivity contribution in [2.45, 2.75) is 6.04 Å². The zero-order chi connectivity index (χ0) is 25.5. The van der Waals surface area contributed by atoms with Gasteiger partial charge >= 0.3 is 7.60 Å². The SMILES string of the molecule is O=C(NC(CP(=O)(O)O)C(=O)N1CCNCC1)c1cc(Nc2ccccc2)nc(-c2ccccc2)n1. The Morgan fingerprint density at radius 2 is 1.64 bits per heavy atom. The fraction of sp³-hybridized carbons (Fsp3) is 0.250. The number of piperazine rings is 1. The fourth-order valence-electron chi connectivity index (χ4n) is 3.77. The molecule has 1 aliphatic heterocycles. The lowest BCUT2D eigenvalue weighted by Gasteiger charge is -2.31. The molecule has 0 saturated carbocycles. The molecule has 2 heterocycles. The number of amides is 2. The lowest BCUT2D eigenvalue weighted by Crippen LogP contribution is -2.55. The Hall–Kier alpha value is -3.63. The molecule has 1 fully saturated rings. The molecular formula is C24H27N6O5P. The van der Waals surface area contributed by atoms with E-state index in [1.165, 1.54) is 11.0 Å². The summed E-state index contributed by atoms with van der Waals surface area (Å²) in [5, 5.41) is 8.75. The number of nitrogens with zero attached hydrogens (tertiary/aromatic N) is 3. The van der Waals surface area contributed by atoms with Gasteiger partial charge in [-0.2, -0.15) is 0 Å². The number of anilines is 2. The molecule has 36 heavy (non-hydrogen) atoms. The molecule has 0 spiro atoms. The first-order valence-electron chi connectivity index (χ1n) is 11.4. The molecule has 2 amide bonds. The Kier molecular flexibility index (Phi) is 8.07. The van der Waals surface area contributed by atoms with Gasteiger partial charge in [0.25, 0.3) is 5.91 Å². The molecule has 5 N–H and O–H groups in total. The standard InChI is InChI=1S/C24H27N6O5P/c31-23(28-20(16-36(33,34)35)24(32)30-13-11-25-12-14-30)19-15-21(26-18-9-5-2-6-10-18)29-22(27-19)17-7-3-1-4-8-17/h1-10,15,20,25H,11-14,16H2,(H,28,31)(H,26,27,29)(H2,33,34,35). The van der Waals surface area contributed by atoms with E-state index in [4.69, 9.17) is 0 Å². The van der Waals surface area contributed by atoms with Crippen LogP contribution in [-0.2, 0) is 9.36 Å². The topological polar surface area (TPSA) is 157 Å². The lowest BCUT2D eigenvalue weighted by atomic mass is 10.2. The molecule has 0 radical (unpaired) electrons. The highest BCUT2D eigenvalue weighted by Crippen LogP contribution is 2.35. The first-order valence-corrected chi connectivity index (χ1v) is 13.2. The Labute approximate surface area is 208 Å². The van der Waals surface area contributed by atoms with Crippen LogP contribution >= 0.6 is 7.60 Å². The third kappa shape index (κ3) is 6.96. The van der Waals surface area contributed by atoms with Crippen LogP contribution in [0.3, 0.4) is 0 Å². The van der Waals surface area contributed by atoms with Crippen LogP contribution in [0, 0.1) is 0 Å². The number of hydrogen-bond donors (Lipinski definition) is 5. The monoisotopic (exact) mass is 510 g/mol. The van der Waals surface area contributed by atoms with Crippen molar-refractivity contribution in [3.05, 3.63) is 72.4 Å². The molecule has 188 valence electrons. The van der Waals surface area contributed by atoms with E-state index in [2.05, 4.69) is 25.9 Å². The van der Waals surface area contributed by atoms with Crippen molar-refractivity contribution in [2.75, 3.05) is 37.7 Å². The van der Waals surface area contributed by atoms with Crippen LogP contribution in [0.25, 0.3) is 11.4 Å². The van der Waals surface area contributed by atoms with E-state index >= 15 is 0 Å². The van der Waals surface area contributed by atoms with Crippen LogP contribution in [0.15, 0.2) is 66.7 Å². The van der Waals surface area contributed by atoms with Gasteiger partial charge in [-0.05, 0) is 12.1 Å². The molecule has 0 bridgehead atoms. The van der Waals surface area contributed by atoms with Gasteiger partial charge in [0, 0.05) is 43.5 Å². The summed E-state index contributed by atoms with van der Waals surface area (Å²) in [6, 6.07) is 18.4. The number of aromatic nitrogens is 2. The maximum absolute atomic E-state index is 13.3. The molecule has 0 aliphatic carbocycles. The van der Waals surface area contributed by atoms with Gasteiger partial charge in [0.2, 0.25) is 5.91 Å². The van der Waals surface area contributed by atoms with Gasteiger partial charge < -0.3 is 30.6 Å². The highest BCUT2D eigenvalue weighted by Gasteiger charge is 2.33. The van der Waals surface area contributed by atoms with E-state index in [9.17, 15) is 23.9 Å². The summed E-state index contributed by atoms with van der Waals surface area (Å²) in [4.78, 5) is 55.8. The van der Waals surface area contributed by atoms with Gasteiger partial charge in [0.15, 0.2) is 5.82 Å². The smallest absolute Gasteiger partial charge is 0.328 e. The predicted octanol–water partition coefficient (Wildman–Crippen LogP) is 1.60. The van der Waals surface area contributed by atoms with Crippen molar-refractivity contribution < 1.29 is 23.9 Å². The number of para-hydroxylation sites is 1. The first kappa shape index (κ1) is 25.5. The molecular weight excluding hydrogens is 483 g/mol. The third-order valence-electron chi connectivity index (χ3n) is 5.49. The second-order valence-electron chi connectivity index (χ2n) is 8.27. The Morgan fingerprint density at radius 3 is 2.28 bits per heavy atom. The average molecular weight is 510 g/mol. The van der Waals surface area contributed by atoms with E-state index < -0.39 is 31.6 Å². The molecule has 12 heteroatoms. The van der Waals surface area contributed by atoms with E-state index in [1.54, 1.807) is 12.1 Å². The van der Waals surface area contributed by atoms with Crippen LogP contribution < -0.4 is 16.0 Å². The van der Waals surface area contributed by atoms with Gasteiger partial charge in [0.1, 0.15) is 17.6 Å². The second kappa shape index (κ2) is 11.4. The largest absolute Gasteiger partial charge is 0.340 e. The van der Waals surface area contributed by atoms with Crippen LogP contribution in [-0.4, -0.2) is 74.9 Å². The minimum atomic E-state index is -4.61. The molecule has 1 aromatic heterocycles. The van der Waals surface area contributed by atoms with Crippen LogP contribution in [0.4, 0.5) is 11.5 Å². The fourth-order valence-corrected chi connectivity index (χ4v) is 4.50. The highest BCUT2D eigenvalue weighted by atomic mass is 31.2. The van der Waals surface area contributed by atoms with Gasteiger partial charge in [-0.25, -0.2) is 9.97 Å². The predicted molar refractivity (Wildman–Crippen MR) is 135 cm³/mol. The molecule has 1 aliphatic rings. The zero-order valence-electron chi connectivity index (χ0n) is 19.4. The van der Waals surface area contributed by atoms with Crippen LogP contribution in [0.1, 0.15) is 10.5 Å². The van der Waals surface area contributed by atoms with Crippen molar-refractivity contribution in [3.63, 3.8) is 0 Å². The third-order valence-corrected chi connectivity index (χ3v) is 6.33.